The molecule has 2 N–H and O–H groups in total. The SMILES string of the molecule is CCc1ccc(C(=O)Nc2cccc(F)c2C(=O)O)cc1. The third-order valence-electron chi connectivity index (χ3n) is 3.10. The van der Waals surface area contributed by atoms with E-state index in [0.717, 1.165) is 18.1 Å². The minimum Gasteiger partial charge on any atom is -0.478 e. The molecule has 0 aliphatic carbocycles. The molecule has 1 amide bonds. The lowest BCUT2D eigenvalue weighted by molar-refractivity contribution is 0.0693. The van der Waals surface area contributed by atoms with Crippen LogP contribution in [0.25, 0.3) is 0 Å². The lowest BCUT2D eigenvalue weighted by Crippen LogP contribution is -2.15. The molecule has 2 rings (SSSR count). The van der Waals surface area contributed by atoms with Crippen molar-refractivity contribution in [3.8, 4) is 0 Å². The van der Waals surface area contributed by atoms with Gasteiger partial charge < -0.3 is 10.4 Å². The Kier molecular flexibility index (Phi) is 4.33. The molecule has 0 atom stereocenters. The largest absolute Gasteiger partial charge is 0.478 e. The van der Waals surface area contributed by atoms with Crippen LogP contribution in [0.15, 0.2) is 42.5 Å². The van der Waals surface area contributed by atoms with Gasteiger partial charge in [0, 0.05) is 5.56 Å². The zero-order valence-corrected chi connectivity index (χ0v) is 11.4. The van der Waals surface area contributed by atoms with Gasteiger partial charge in [-0.25, -0.2) is 9.18 Å². The summed E-state index contributed by atoms with van der Waals surface area (Å²) < 4.78 is 13.5. The Hall–Kier alpha value is -2.69. The molecule has 5 heteroatoms. The number of carbonyl (C=O) groups excluding carboxylic acids is 1. The van der Waals surface area contributed by atoms with E-state index in [2.05, 4.69) is 5.32 Å². The van der Waals surface area contributed by atoms with E-state index in [1.807, 2.05) is 19.1 Å². The normalized spacial score (nSPS) is 10.2. The van der Waals surface area contributed by atoms with Gasteiger partial charge in [0.15, 0.2) is 0 Å². The summed E-state index contributed by atoms with van der Waals surface area (Å²) in [6, 6.07) is 10.7. The van der Waals surface area contributed by atoms with E-state index >= 15 is 0 Å². The van der Waals surface area contributed by atoms with Crippen LogP contribution in [0.1, 0.15) is 33.2 Å². The van der Waals surface area contributed by atoms with Crippen LogP contribution in [0.4, 0.5) is 10.1 Å². The average Bonchev–Trinajstić information content (AvgIpc) is 2.47. The number of hydrogen-bond donors (Lipinski definition) is 2. The number of benzene rings is 2. The lowest BCUT2D eigenvalue weighted by Gasteiger charge is -2.09. The molecule has 0 saturated heterocycles. The van der Waals surface area contributed by atoms with Gasteiger partial charge in [-0.3, -0.25) is 4.79 Å². The van der Waals surface area contributed by atoms with E-state index in [1.165, 1.54) is 12.1 Å². The molecular weight excluding hydrogens is 273 g/mol. The maximum Gasteiger partial charge on any atom is 0.340 e. The van der Waals surface area contributed by atoms with E-state index in [-0.39, 0.29) is 5.69 Å². The molecular formula is C16H14FNO3. The highest BCUT2D eigenvalue weighted by Crippen LogP contribution is 2.20. The Morgan fingerprint density at radius 3 is 2.38 bits per heavy atom. The summed E-state index contributed by atoms with van der Waals surface area (Å²) in [5.41, 5.74) is 0.861. The van der Waals surface area contributed by atoms with Crippen molar-refractivity contribution in [3.63, 3.8) is 0 Å². The second-order valence-corrected chi connectivity index (χ2v) is 4.47. The molecule has 0 spiro atoms. The van der Waals surface area contributed by atoms with Crippen LogP contribution in [-0.2, 0) is 6.42 Å². The summed E-state index contributed by atoms with van der Waals surface area (Å²) in [6.07, 6.45) is 0.856. The number of carboxylic acid groups (broad SMARTS) is 1. The molecule has 2 aromatic carbocycles. The topological polar surface area (TPSA) is 66.4 Å². The number of halogens is 1. The van der Waals surface area contributed by atoms with Crippen molar-refractivity contribution in [3.05, 3.63) is 65.0 Å². The number of hydrogen-bond acceptors (Lipinski definition) is 2. The zero-order chi connectivity index (χ0) is 15.4. The van der Waals surface area contributed by atoms with Gasteiger partial charge in [0.1, 0.15) is 11.4 Å². The molecule has 0 aliphatic heterocycles. The molecule has 21 heavy (non-hydrogen) atoms. The van der Waals surface area contributed by atoms with Crippen molar-refractivity contribution in [2.24, 2.45) is 0 Å². The number of aromatic carboxylic acids is 1. The second kappa shape index (κ2) is 6.17. The molecule has 0 aromatic heterocycles. The first-order valence-corrected chi connectivity index (χ1v) is 6.45. The second-order valence-electron chi connectivity index (χ2n) is 4.47. The van der Waals surface area contributed by atoms with Gasteiger partial charge >= 0.3 is 5.97 Å². The standard InChI is InChI=1S/C16H14FNO3/c1-2-10-6-8-11(9-7-10)15(19)18-13-5-3-4-12(17)14(13)16(20)21/h3-9H,2H2,1H3,(H,18,19)(H,20,21). The van der Waals surface area contributed by atoms with Crippen molar-refractivity contribution in [2.45, 2.75) is 13.3 Å². The van der Waals surface area contributed by atoms with Crippen molar-refractivity contribution >= 4 is 17.6 Å². The van der Waals surface area contributed by atoms with E-state index in [0.29, 0.717) is 5.56 Å². The first-order valence-electron chi connectivity index (χ1n) is 6.45. The number of amides is 1. The summed E-state index contributed by atoms with van der Waals surface area (Å²) >= 11 is 0. The van der Waals surface area contributed by atoms with Gasteiger partial charge in [-0.05, 0) is 36.2 Å². The molecule has 0 heterocycles. The van der Waals surface area contributed by atoms with E-state index < -0.39 is 23.3 Å². The number of anilines is 1. The van der Waals surface area contributed by atoms with Crippen LogP contribution in [0, 0.1) is 5.82 Å². The predicted octanol–water partition coefficient (Wildman–Crippen LogP) is 3.34. The molecule has 108 valence electrons. The minimum atomic E-state index is -1.43. The number of aryl methyl sites for hydroxylation is 1. The number of rotatable bonds is 4. The Balaban J connectivity index is 2.27. The van der Waals surface area contributed by atoms with Gasteiger partial charge in [0.05, 0.1) is 5.69 Å². The highest BCUT2D eigenvalue weighted by atomic mass is 19.1. The highest BCUT2D eigenvalue weighted by Gasteiger charge is 2.17. The minimum absolute atomic E-state index is 0.0629. The molecule has 2 aromatic rings. The first-order chi connectivity index (χ1) is 10.0. The quantitative estimate of drug-likeness (QED) is 0.906. The summed E-state index contributed by atoms with van der Waals surface area (Å²) in [4.78, 5) is 23.1. The third-order valence-corrected chi connectivity index (χ3v) is 3.10. The Morgan fingerprint density at radius 2 is 1.81 bits per heavy atom. The lowest BCUT2D eigenvalue weighted by atomic mass is 10.1. The molecule has 0 aliphatic rings. The molecule has 0 saturated carbocycles. The van der Waals surface area contributed by atoms with Gasteiger partial charge in [0.2, 0.25) is 0 Å². The monoisotopic (exact) mass is 287 g/mol. The fourth-order valence-electron chi connectivity index (χ4n) is 1.93. The van der Waals surface area contributed by atoms with E-state index in [9.17, 15) is 14.0 Å². The number of nitrogens with one attached hydrogen (secondary N) is 1. The van der Waals surface area contributed by atoms with Gasteiger partial charge in [-0.15, -0.1) is 0 Å². The maximum atomic E-state index is 13.5. The average molecular weight is 287 g/mol. The highest BCUT2D eigenvalue weighted by molar-refractivity contribution is 6.07. The Bertz CT molecular complexity index is 680. The van der Waals surface area contributed by atoms with Crippen molar-refractivity contribution < 1.29 is 19.1 Å². The van der Waals surface area contributed by atoms with Crippen LogP contribution in [-0.4, -0.2) is 17.0 Å². The zero-order valence-electron chi connectivity index (χ0n) is 11.4. The van der Waals surface area contributed by atoms with Crippen LogP contribution < -0.4 is 5.32 Å². The van der Waals surface area contributed by atoms with Gasteiger partial charge in [-0.2, -0.15) is 0 Å². The summed E-state index contributed by atoms with van der Waals surface area (Å²) in [6.45, 7) is 2.00. The summed E-state index contributed by atoms with van der Waals surface area (Å²) in [5, 5.41) is 11.4. The maximum absolute atomic E-state index is 13.5. The Morgan fingerprint density at radius 1 is 1.14 bits per heavy atom. The van der Waals surface area contributed by atoms with E-state index in [1.54, 1.807) is 12.1 Å². The molecule has 0 fully saturated rings. The molecule has 4 nitrogen and oxygen atoms in total. The number of carbonyl (C=O) groups is 2. The van der Waals surface area contributed by atoms with Crippen molar-refractivity contribution in [1.29, 1.82) is 0 Å². The van der Waals surface area contributed by atoms with Gasteiger partial charge in [0.25, 0.3) is 5.91 Å². The third kappa shape index (κ3) is 3.25. The molecule has 0 bridgehead atoms. The summed E-state index contributed by atoms with van der Waals surface area (Å²) in [5.74, 6) is -2.79. The van der Waals surface area contributed by atoms with E-state index in [4.69, 9.17) is 5.11 Å². The predicted molar refractivity (Wildman–Crippen MR) is 77.1 cm³/mol. The summed E-state index contributed by atoms with van der Waals surface area (Å²) in [7, 11) is 0. The van der Waals surface area contributed by atoms with Crippen LogP contribution in [0.2, 0.25) is 0 Å². The fourth-order valence-corrected chi connectivity index (χ4v) is 1.93. The Labute approximate surface area is 121 Å². The smallest absolute Gasteiger partial charge is 0.340 e. The number of carboxylic acids is 1. The van der Waals surface area contributed by atoms with Gasteiger partial charge in [-0.1, -0.05) is 25.1 Å². The molecule has 0 unspecified atom stereocenters. The van der Waals surface area contributed by atoms with Crippen molar-refractivity contribution in [2.75, 3.05) is 5.32 Å². The molecule has 0 radical (unpaired) electrons. The van der Waals surface area contributed by atoms with Crippen LogP contribution in [0.3, 0.4) is 0 Å². The fraction of sp³-hybridized carbons (Fsp3) is 0.125. The van der Waals surface area contributed by atoms with Crippen molar-refractivity contribution in [1.82, 2.24) is 0 Å². The van der Waals surface area contributed by atoms with Crippen LogP contribution in [0.5, 0.6) is 0 Å². The first kappa shape index (κ1) is 14.7. The van der Waals surface area contributed by atoms with Crippen LogP contribution >= 0.6 is 0 Å².